The van der Waals surface area contributed by atoms with Gasteiger partial charge in [0.1, 0.15) is 5.60 Å². The molecule has 1 aliphatic rings. The molecule has 0 saturated carbocycles. The SMILES string of the molecule is CC.CC.CC(C)(C)OC(=O)N1C(=O)CC[C@H]1Cc1ccc(-c2ccccc2)cc1. The van der Waals surface area contributed by atoms with E-state index in [2.05, 4.69) is 36.4 Å². The molecule has 0 bridgehead atoms. The van der Waals surface area contributed by atoms with Crippen LogP contribution >= 0.6 is 0 Å². The summed E-state index contributed by atoms with van der Waals surface area (Å²) in [6.45, 7) is 13.4. The first-order valence-corrected chi connectivity index (χ1v) is 11.0. The molecule has 0 aliphatic carbocycles. The summed E-state index contributed by atoms with van der Waals surface area (Å²) in [4.78, 5) is 25.9. The molecule has 0 N–H and O–H groups in total. The van der Waals surface area contributed by atoms with Crippen LogP contribution in [0.2, 0.25) is 0 Å². The van der Waals surface area contributed by atoms with Gasteiger partial charge in [-0.15, -0.1) is 0 Å². The number of benzene rings is 2. The number of amides is 2. The van der Waals surface area contributed by atoms with E-state index in [9.17, 15) is 9.59 Å². The Morgan fingerprint density at radius 3 is 2.00 bits per heavy atom. The molecule has 2 amide bonds. The number of rotatable bonds is 3. The zero-order valence-electron chi connectivity index (χ0n) is 19.6. The standard InChI is InChI=1S/C22H25NO3.2C2H6/c1-22(2,3)26-21(25)23-19(13-14-20(23)24)15-16-9-11-18(12-10-16)17-7-5-4-6-8-17;2*1-2/h4-12,19H,13-15H2,1-3H3;2*1-2H3/t19-;;/m0../s1. The highest BCUT2D eigenvalue weighted by atomic mass is 16.6. The van der Waals surface area contributed by atoms with Gasteiger partial charge in [-0.2, -0.15) is 0 Å². The van der Waals surface area contributed by atoms with Crippen molar-refractivity contribution in [2.75, 3.05) is 0 Å². The quantitative estimate of drug-likeness (QED) is 0.553. The number of likely N-dealkylation sites (tertiary alicyclic amines) is 1. The van der Waals surface area contributed by atoms with Gasteiger partial charge in [-0.3, -0.25) is 4.79 Å². The Bertz CT molecular complexity index is 776. The van der Waals surface area contributed by atoms with E-state index in [1.54, 1.807) is 0 Å². The Morgan fingerprint density at radius 2 is 1.47 bits per heavy atom. The molecule has 164 valence electrons. The second-order valence-electron chi connectivity index (χ2n) is 7.70. The van der Waals surface area contributed by atoms with Crippen molar-refractivity contribution in [3.8, 4) is 11.1 Å². The molecule has 1 fully saturated rings. The lowest BCUT2D eigenvalue weighted by molar-refractivity contribution is -0.128. The molecule has 0 radical (unpaired) electrons. The summed E-state index contributed by atoms with van der Waals surface area (Å²) >= 11 is 0. The van der Waals surface area contributed by atoms with Gasteiger partial charge in [0.15, 0.2) is 0 Å². The number of nitrogens with zero attached hydrogens (tertiary/aromatic N) is 1. The van der Waals surface area contributed by atoms with Gasteiger partial charge in [0, 0.05) is 12.5 Å². The highest BCUT2D eigenvalue weighted by Crippen LogP contribution is 2.26. The monoisotopic (exact) mass is 411 g/mol. The van der Waals surface area contributed by atoms with Gasteiger partial charge >= 0.3 is 6.09 Å². The molecule has 0 unspecified atom stereocenters. The minimum absolute atomic E-state index is 0.139. The van der Waals surface area contributed by atoms with Gasteiger partial charge in [-0.25, -0.2) is 9.69 Å². The van der Waals surface area contributed by atoms with Crippen LogP contribution < -0.4 is 0 Å². The van der Waals surface area contributed by atoms with Crippen LogP contribution in [-0.4, -0.2) is 28.5 Å². The van der Waals surface area contributed by atoms with Crippen molar-refractivity contribution < 1.29 is 14.3 Å². The summed E-state index contributed by atoms with van der Waals surface area (Å²) < 4.78 is 5.40. The maximum Gasteiger partial charge on any atom is 0.417 e. The highest BCUT2D eigenvalue weighted by molar-refractivity contribution is 5.94. The average molecular weight is 412 g/mol. The second-order valence-corrected chi connectivity index (χ2v) is 7.70. The molecular weight excluding hydrogens is 374 g/mol. The first-order chi connectivity index (χ1) is 14.3. The lowest BCUT2D eigenvalue weighted by Crippen LogP contribution is -2.43. The van der Waals surface area contributed by atoms with Crippen LogP contribution in [0.4, 0.5) is 4.79 Å². The lowest BCUT2D eigenvalue weighted by Gasteiger charge is -2.27. The summed E-state index contributed by atoms with van der Waals surface area (Å²) in [6.07, 6.45) is 1.19. The Labute approximate surface area is 182 Å². The number of carbonyl (C=O) groups excluding carboxylic acids is 2. The average Bonchev–Trinajstić information content (AvgIpc) is 3.11. The van der Waals surface area contributed by atoms with Crippen molar-refractivity contribution in [2.24, 2.45) is 0 Å². The normalized spacial score (nSPS) is 15.5. The first-order valence-electron chi connectivity index (χ1n) is 11.0. The van der Waals surface area contributed by atoms with Gasteiger partial charge in [-0.1, -0.05) is 82.3 Å². The van der Waals surface area contributed by atoms with Crippen LogP contribution in [0.3, 0.4) is 0 Å². The maximum atomic E-state index is 12.4. The van der Waals surface area contributed by atoms with E-state index in [1.807, 2.05) is 66.7 Å². The van der Waals surface area contributed by atoms with E-state index in [4.69, 9.17) is 4.74 Å². The van der Waals surface area contributed by atoms with E-state index < -0.39 is 11.7 Å². The molecular formula is C26H37NO3. The van der Waals surface area contributed by atoms with E-state index in [-0.39, 0.29) is 11.9 Å². The highest BCUT2D eigenvalue weighted by Gasteiger charge is 2.38. The third-order valence-electron chi connectivity index (χ3n) is 4.45. The van der Waals surface area contributed by atoms with Gasteiger partial charge in [-0.05, 0) is 50.3 Å². The summed E-state index contributed by atoms with van der Waals surface area (Å²) in [6, 6.07) is 18.4. The fourth-order valence-electron chi connectivity index (χ4n) is 3.23. The summed E-state index contributed by atoms with van der Waals surface area (Å²) in [5.74, 6) is -0.148. The minimum atomic E-state index is -0.609. The Kier molecular flexibility index (Phi) is 10.3. The number of imide groups is 1. The van der Waals surface area contributed by atoms with E-state index in [0.29, 0.717) is 19.3 Å². The largest absolute Gasteiger partial charge is 0.443 e. The van der Waals surface area contributed by atoms with Crippen molar-refractivity contribution in [3.63, 3.8) is 0 Å². The van der Waals surface area contributed by atoms with Crippen molar-refractivity contribution in [2.45, 2.75) is 79.4 Å². The molecule has 2 aromatic rings. The fourth-order valence-corrected chi connectivity index (χ4v) is 3.23. The minimum Gasteiger partial charge on any atom is -0.443 e. The van der Waals surface area contributed by atoms with Crippen LogP contribution in [0.5, 0.6) is 0 Å². The van der Waals surface area contributed by atoms with Crippen LogP contribution in [0, 0.1) is 0 Å². The van der Waals surface area contributed by atoms with Gasteiger partial charge < -0.3 is 4.74 Å². The second kappa shape index (κ2) is 12.2. The number of carbonyl (C=O) groups is 2. The topological polar surface area (TPSA) is 46.6 Å². The van der Waals surface area contributed by atoms with Crippen LogP contribution in [0.1, 0.15) is 66.9 Å². The maximum absolute atomic E-state index is 12.4. The fraction of sp³-hybridized carbons (Fsp3) is 0.462. The molecule has 0 aromatic heterocycles. The van der Waals surface area contributed by atoms with Crippen molar-refractivity contribution in [1.82, 2.24) is 4.90 Å². The zero-order chi connectivity index (χ0) is 22.7. The first kappa shape index (κ1) is 25.4. The molecule has 2 aromatic carbocycles. The number of hydrogen-bond donors (Lipinski definition) is 0. The molecule has 1 aliphatic heterocycles. The Morgan fingerprint density at radius 1 is 0.933 bits per heavy atom. The molecule has 4 nitrogen and oxygen atoms in total. The van der Waals surface area contributed by atoms with Crippen molar-refractivity contribution in [3.05, 3.63) is 60.2 Å². The van der Waals surface area contributed by atoms with Gasteiger partial charge in [0.25, 0.3) is 0 Å². The van der Waals surface area contributed by atoms with E-state index >= 15 is 0 Å². The summed E-state index contributed by atoms with van der Waals surface area (Å²) in [5.41, 5.74) is 2.83. The third kappa shape index (κ3) is 7.33. The van der Waals surface area contributed by atoms with Crippen LogP contribution in [0.15, 0.2) is 54.6 Å². The molecule has 0 spiro atoms. The molecule has 30 heavy (non-hydrogen) atoms. The predicted octanol–water partition coefficient (Wildman–Crippen LogP) is 6.87. The lowest BCUT2D eigenvalue weighted by atomic mass is 10.00. The van der Waals surface area contributed by atoms with Crippen molar-refractivity contribution in [1.29, 1.82) is 0 Å². The van der Waals surface area contributed by atoms with E-state index in [0.717, 1.165) is 11.1 Å². The summed E-state index contributed by atoms with van der Waals surface area (Å²) in [5, 5.41) is 0. The summed E-state index contributed by atoms with van der Waals surface area (Å²) in [7, 11) is 0. The molecule has 1 atom stereocenters. The Hall–Kier alpha value is -2.62. The third-order valence-corrected chi connectivity index (χ3v) is 4.45. The molecule has 3 rings (SSSR count). The zero-order valence-corrected chi connectivity index (χ0v) is 19.6. The van der Waals surface area contributed by atoms with Crippen LogP contribution in [-0.2, 0) is 16.0 Å². The number of hydrogen-bond acceptors (Lipinski definition) is 3. The molecule has 1 saturated heterocycles. The molecule has 4 heteroatoms. The van der Waals surface area contributed by atoms with Gasteiger partial charge in [0.05, 0.1) is 0 Å². The predicted molar refractivity (Wildman–Crippen MR) is 124 cm³/mol. The van der Waals surface area contributed by atoms with Gasteiger partial charge in [0.2, 0.25) is 5.91 Å². The Balaban J connectivity index is 0.00000106. The molecule has 1 heterocycles. The number of ether oxygens (including phenoxy) is 1. The van der Waals surface area contributed by atoms with Crippen LogP contribution in [0.25, 0.3) is 11.1 Å². The smallest absolute Gasteiger partial charge is 0.417 e. The van der Waals surface area contributed by atoms with Crippen molar-refractivity contribution >= 4 is 12.0 Å². The van der Waals surface area contributed by atoms with E-state index in [1.165, 1.54) is 10.5 Å².